The first-order valence-electron chi connectivity index (χ1n) is 12.4. The first-order chi connectivity index (χ1) is 18.0. The van der Waals surface area contributed by atoms with Gasteiger partial charge in [0.25, 0.3) is 5.91 Å². The van der Waals surface area contributed by atoms with Crippen molar-refractivity contribution in [2.24, 2.45) is 11.8 Å². The van der Waals surface area contributed by atoms with E-state index in [0.717, 1.165) is 27.7 Å². The fourth-order valence-electron chi connectivity index (χ4n) is 5.07. The van der Waals surface area contributed by atoms with Crippen LogP contribution in [0.5, 0.6) is 5.75 Å². The van der Waals surface area contributed by atoms with E-state index in [2.05, 4.69) is 0 Å². The highest BCUT2D eigenvalue weighted by atomic mass is 16.5. The fraction of sp³-hybridized carbons (Fsp3) is 0.233. The van der Waals surface area contributed by atoms with Gasteiger partial charge in [-0.2, -0.15) is 0 Å². The summed E-state index contributed by atoms with van der Waals surface area (Å²) < 4.78 is 6.15. The molecule has 2 atom stereocenters. The van der Waals surface area contributed by atoms with Crippen LogP contribution in [0.15, 0.2) is 84.5 Å². The maximum absolute atomic E-state index is 13.1. The van der Waals surface area contributed by atoms with Gasteiger partial charge in [0.05, 0.1) is 25.0 Å². The van der Waals surface area contributed by atoms with Crippen molar-refractivity contribution in [2.45, 2.75) is 19.3 Å². The Morgan fingerprint density at radius 3 is 2.32 bits per heavy atom. The van der Waals surface area contributed by atoms with E-state index in [4.69, 9.17) is 9.94 Å². The third kappa shape index (κ3) is 5.17. The second-order valence-corrected chi connectivity index (χ2v) is 9.36. The number of nitrogens with one attached hydrogen (secondary N) is 1. The molecule has 0 saturated carbocycles. The number of nitrogens with zero attached hydrogens (tertiary/aromatic N) is 1. The lowest BCUT2D eigenvalue weighted by Gasteiger charge is -2.18. The summed E-state index contributed by atoms with van der Waals surface area (Å²) in [6, 6.07) is 20.7. The molecule has 1 aliphatic heterocycles. The molecule has 3 amide bonds. The Bertz CT molecular complexity index is 1360. The second-order valence-electron chi connectivity index (χ2n) is 9.36. The monoisotopic (exact) mass is 496 g/mol. The first-order valence-corrected chi connectivity index (χ1v) is 12.4. The lowest BCUT2D eigenvalue weighted by Crippen LogP contribution is -2.33. The van der Waals surface area contributed by atoms with Crippen molar-refractivity contribution in [2.75, 3.05) is 13.2 Å². The third-order valence-corrected chi connectivity index (χ3v) is 7.04. The standard InChI is InChI=1S/C30H28N2O5/c33-28(31-36)23-14-12-20(13-15-23)18-21(19-32-29(34)25-9-3-4-10-26(25)30(32)35)16-17-37-27-11-5-7-22-6-1-2-8-24(22)27/h1-8,11-15,18,25-26,36H,9-10,16-17,19H2,(H,31,33). The zero-order chi connectivity index (χ0) is 25.8. The average Bonchev–Trinajstić information content (AvgIpc) is 3.18. The van der Waals surface area contributed by atoms with Crippen LogP contribution in [-0.2, 0) is 9.59 Å². The predicted octanol–water partition coefficient (Wildman–Crippen LogP) is 4.76. The number of hydroxylamine groups is 1. The maximum Gasteiger partial charge on any atom is 0.274 e. The lowest BCUT2D eigenvalue weighted by molar-refractivity contribution is -0.139. The van der Waals surface area contributed by atoms with Gasteiger partial charge < -0.3 is 4.74 Å². The molecule has 2 aliphatic rings. The van der Waals surface area contributed by atoms with Crippen LogP contribution in [-0.4, -0.2) is 41.0 Å². The molecule has 1 saturated heterocycles. The van der Waals surface area contributed by atoms with E-state index >= 15 is 0 Å². The van der Waals surface area contributed by atoms with Gasteiger partial charge in [0.2, 0.25) is 11.8 Å². The molecule has 7 heteroatoms. The molecular formula is C30H28N2O5. The maximum atomic E-state index is 13.1. The highest BCUT2D eigenvalue weighted by Gasteiger charge is 2.47. The van der Waals surface area contributed by atoms with E-state index in [0.29, 0.717) is 31.4 Å². The number of amides is 3. The summed E-state index contributed by atoms with van der Waals surface area (Å²) in [6.45, 7) is 0.567. The molecule has 0 aromatic heterocycles. The van der Waals surface area contributed by atoms with Gasteiger partial charge in [-0.25, -0.2) is 5.48 Å². The number of hydrogen-bond donors (Lipinski definition) is 2. The van der Waals surface area contributed by atoms with E-state index < -0.39 is 5.91 Å². The van der Waals surface area contributed by atoms with Crippen LogP contribution in [0.1, 0.15) is 35.2 Å². The topological polar surface area (TPSA) is 95.9 Å². The zero-order valence-electron chi connectivity index (χ0n) is 20.3. The number of hydrogen-bond acceptors (Lipinski definition) is 5. The van der Waals surface area contributed by atoms with Crippen LogP contribution in [0.2, 0.25) is 0 Å². The Morgan fingerprint density at radius 1 is 0.946 bits per heavy atom. The van der Waals surface area contributed by atoms with Crippen molar-refractivity contribution in [3.8, 4) is 5.75 Å². The minimum absolute atomic E-state index is 0.116. The highest BCUT2D eigenvalue weighted by molar-refractivity contribution is 6.05. The Labute approximate surface area is 215 Å². The molecule has 188 valence electrons. The number of carbonyl (C=O) groups is 3. The van der Waals surface area contributed by atoms with Crippen LogP contribution >= 0.6 is 0 Å². The summed E-state index contributed by atoms with van der Waals surface area (Å²) in [7, 11) is 0. The van der Waals surface area contributed by atoms with E-state index in [9.17, 15) is 14.4 Å². The first kappa shape index (κ1) is 24.5. The van der Waals surface area contributed by atoms with Crippen molar-refractivity contribution in [1.82, 2.24) is 10.4 Å². The van der Waals surface area contributed by atoms with Crippen molar-refractivity contribution >= 4 is 34.6 Å². The molecule has 5 rings (SSSR count). The van der Waals surface area contributed by atoms with Gasteiger partial charge in [-0.1, -0.05) is 66.8 Å². The predicted molar refractivity (Wildman–Crippen MR) is 140 cm³/mol. The normalized spacial score (nSPS) is 19.3. The molecule has 1 heterocycles. The molecule has 7 nitrogen and oxygen atoms in total. The molecule has 2 unspecified atom stereocenters. The number of benzene rings is 3. The van der Waals surface area contributed by atoms with E-state index in [1.807, 2.05) is 60.7 Å². The van der Waals surface area contributed by atoms with Crippen LogP contribution in [0, 0.1) is 11.8 Å². The van der Waals surface area contributed by atoms with Crippen molar-refractivity contribution in [3.63, 3.8) is 0 Å². The number of carbonyl (C=O) groups excluding carboxylic acids is 3. The number of likely N-dealkylation sites (tertiary alicyclic amines) is 1. The second kappa shape index (κ2) is 10.8. The smallest absolute Gasteiger partial charge is 0.274 e. The van der Waals surface area contributed by atoms with Crippen molar-refractivity contribution < 1.29 is 24.3 Å². The zero-order valence-corrected chi connectivity index (χ0v) is 20.3. The molecule has 37 heavy (non-hydrogen) atoms. The Morgan fingerprint density at radius 2 is 1.62 bits per heavy atom. The van der Waals surface area contributed by atoms with Gasteiger partial charge in [0.1, 0.15) is 5.75 Å². The molecule has 3 aromatic rings. The summed E-state index contributed by atoms with van der Waals surface area (Å²) in [6.07, 6.45) is 7.59. The molecular weight excluding hydrogens is 468 g/mol. The SMILES string of the molecule is O=C(NO)c1ccc(C=C(CCOc2cccc3ccccc23)CN2C(=O)C3CC=CCC3C2=O)cc1. The Hall–Kier alpha value is -4.23. The van der Waals surface area contributed by atoms with E-state index in [1.165, 1.54) is 4.90 Å². The molecule has 1 fully saturated rings. The highest BCUT2D eigenvalue weighted by Crippen LogP contribution is 2.35. The lowest BCUT2D eigenvalue weighted by atomic mass is 9.85. The van der Waals surface area contributed by atoms with Gasteiger partial charge in [0, 0.05) is 17.4 Å². The Kier molecular flexibility index (Phi) is 7.14. The van der Waals surface area contributed by atoms with Gasteiger partial charge in [-0.15, -0.1) is 0 Å². The minimum atomic E-state index is -0.594. The fourth-order valence-corrected chi connectivity index (χ4v) is 5.07. The summed E-state index contributed by atoms with van der Waals surface area (Å²) in [5, 5.41) is 11.0. The Balaban J connectivity index is 1.36. The van der Waals surface area contributed by atoms with E-state index in [1.54, 1.807) is 29.7 Å². The summed E-state index contributed by atoms with van der Waals surface area (Å²) in [5.74, 6) is -0.597. The number of fused-ring (bicyclic) bond motifs is 2. The number of allylic oxidation sites excluding steroid dienone is 2. The number of rotatable bonds is 8. The van der Waals surface area contributed by atoms with Gasteiger partial charge in [-0.3, -0.25) is 24.5 Å². The number of ether oxygens (including phenoxy) is 1. The van der Waals surface area contributed by atoms with Crippen molar-refractivity contribution in [1.29, 1.82) is 0 Å². The minimum Gasteiger partial charge on any atom is -0.493 e. The van der Waals surface area contributed by atoms with E-state index in [-0.39, 0.29) is 30.2 Å². The molecule has 0 bridgehead atoms. The van der Waals surface area contributed by atoms with Crippen LogP contribution < -0.4 is 10.2 Å². The molecule has 3 aromatic carbocycles. The van der Waals surface area contributed by atoms with Crippen molar-refractivity contribution in [3.05, 3.63) is 95.6 Å². The van der Waals surface area contributed by atoms with Gasteiger partial charge in [0.15, 0.2) is 0 Å². The quantitative estimate of drug-likeness (QED) is 0.203. The molecule has 0 radical (unpaired) electrons. The van der Waals surface area contributed by atoms with Gasteiger partial charge in [-0.05, 0) is 47.6 Å². The summed E-state index contributed by atoms with van der Waals surface area (Å²) >= 11 is 0. The number of imide groups is 1. The molecule has 2 N–H and O–H groups in total. The molecule has 1 aliphatic carbocycles. The summed E-state index contributed by atoms with van der Waals surface area (Å²) in [4.78, 5) is 39.2. The van der Waals surface area contributed by atoms with Crippen LogP contribution in [0.4, 0.5) is 0 Å². The average molecular weight is 497 g/mol. The summed E-state index contributed by atoms with van der Waals surface area (Å²) in [5.41, 5.74) is 3.62. The van der Waals surface area contributed by atoms with Gasteiger partial charge >= 0.3 is 0 Å². The van der Waals surface area contributed by atoms with Crippen LogP contribution in [0.3, 0.4) is 0 Å². The van der Waals surface area contributed by atoms with Crippen LogP contribution in [0.25, 0.3) is 16.8 Å². The third-order valence-electron chi connectivity index (χ3n) is 7.04. The largest absolute Gasteiger partial charge is 0.493 e. The molecule has 0 spiro atoms.